The Bertz CT molecular complexity index is 1500. The molecular weight excluding hydrogens is 394 g/mol. The summed E-state index contributed by atoms with van der Waals surface area (Å²) in [5.74, 6) is 2.71. The zero-order chi connectivity index (χ0) is 22.1. The van der Waals surface area contributed by atoms with Crippen LogP contribution in [0.1, 0.15) is 11.1 Å². The first-order valence-electron chi connectivity index (χ1n) is 10.3. The standard InChI is InChI=1S/C27H21N5/c1-4-19-8-6-9-22(16-19)31-15-7-10-26(31)21-12-14-24-27(17-21)32(30-29-24)23-13-11-20(5-2)25(18-23)28-3/h1,5-18,28H,2H2,3H3. The number of rotatable bonds is 5. The molecule has 5 rings (SSSR count). The van der Waals surface area contributed by atoms with Crippen molar-refractivity contribution in [1.29, 1.82) is 0 Å². The van der Waals surface area contributed by atoms with Crippen LogP contribution in [0.3, 0.4) is 0 Å². The van der Waals surface area contributed by atoms with Crippen LogP contribution < -0.4 is 5.32 Å². The average Bonchev–Trinajstić information content (AvgIpc) is 3.50. The van der Waals surface area contributed by atoms with Crippen molar-refractivity contribution in [2.75, 3.05) is 12.4 Å². The number of nitrogens with zero attached hydrogens (tertiary/aromatic N) is 4. The van der Waals surface area contributed by atoms with Crippen molar-refractivity contribution in [3.8, 4) is 35.0 Å². The predicted molar refractivity (Wildman–Crippen MR) is 131 cm³/mol. The number of hydrogen-bond donors (Lipinski definition) is 1. The van der Waals surface area contributed by atoms with E-state index in [1.54, 1.807) is 0 Å². The summed E-state index contributed by atoms with van der Waals surface area (Å²) in [6.45, 7) is 3.88. The van der Waals surface area contributed by atoms with Crippen molar-refractivity contribution in [1.82, 2.24) is 19.6 Å². The molecule has 32 heavy (non-hydrogen) atoms. The van der Waals surface area contributed by atoms with Crippen LogP contribution in [0.25, 0.3) is 39.7 Å². The van der Waals surface area contributed by atoms with Crippen molar-refractivity contribution < 1.29 is 0 Å². The molecule has 0 spiro atoms. The van der Waals surface area contributed by atoms with Gasteiger partial charge in [-0.2, -0.15) is 0 Å². The molecule has 0 fully saturated rings. The van der Waals surface area contributed by atoms with E-state index in [1.165, 1.54) is 0 Å². The maximum absolute atomic E-state index is 5.60. The molecule has 0 aliphatic heterocycles. The SMILES string of the molecule is C#Cc1cccc(-n2cccc2-c2ccc3nnn(-c4ccc(C=C)c(NC)c4)c3c2)c1. The Kier molecular flexibility index (Phi) is 4.81. The molecule has 0 unspecified atom stereocenters. The number of nitrogens with one attached hydrogen (secondary N) is 1. The van der Waals surface area contributed by atoms with E-state index in [9.17, 15) is 0 Å². The van der Waals surface area contributed by atoms with Crippen LogP contribution in [0.2, 0.25) is 0 Å². The summed E-state index contributed by atoms with van der Waals surface area (Å²) in [5, 5.41) is 12.0. The lowest BCUT2D eigenvalue weighted by Gasteiger charge is -2.11. The van der Waals surface area contributed by atoms with E-state index in [1.807, 2.05) is 72.5 Å². The van der Waals surface area contributed by atoms with Gasteiger partial charge in [0.2, 0.25) is 0 Å². The van der Waals surface area contributed by atoms with Gasteiger partial charge < -0.3 is 9.88 Å². The zero-order valence-electron chi connectivity index (χ0n) is 17.7. The minimum absolute atomic E-state index is 0.833. The van der Waals surface area contributed by atoms with Crippen LogP contribution in [-0.4, -0.2) is 26.6 Å². The number of hydrogen-bond acceptors (Lipinski definition) is 3. The zero-order valence-corrected chi connectivity index (χ0v) is 17.7. The maximum Gasteiger partial charge on any atom is 0.113 e. The molecule has 2 heterocycles. The highest BCUT2D eigenvalue weighted by Gasteiger charge is 2.12. The molecule has 0 bridgehead atoms. The quantitative estimate of drug-likeness (QED) is 0.383. The highest BCUT2D eigenvalue weighted by molar-refractivity contribution is 5.83. The van der Waals surface area contributed by atoms with E-state index >= 15 is 0 Å². The van der Waals surface area contributed by atoms with E-state index < -0.39 is 0 Å². The highest BCUT2D eigenvalue weighted by atomic mass is 15.4. The third-order valence-corrected chi connectivity index (χ3v) is 5.55. The van der Waals surface area contributed by atoms with Crippen molar-refractivity contribution in [3.05, 3.63) is 96.7 Å². The number of anilines is 1. The van der Waals surface area contributed by atoms with Crippen LogP contribution >= 0.6 is 0 Å². The van der Waals surface area contributed by atoms with Crippen LogP contribution in [0.5, 0.6) is 0 Å². The van der Waals surface area contributed by atoms with Gasteiger partial charge in [-0.15, -0.1) is 11.5 Å². The van der Waals surface area contributed by atoms with Crippen molar-refractivity contribution in [2.24, 2.45) is 0 Å². The molecule has 0 saturated carbocycles. The fraction of sp³-hybridized carbons (Fsp3) is 0.0370. The van der Waals surface area contributed by atoms with E-state index in [-0.39, 0.29) is 0 Å². The average molecular weight is 416 g/mol. The molecule has 0 atom stereocenters. The Balaban J connectivity index is 1.63. The van der Waals surface area contributed by atoms with Gasteiger partial charge in [0.1, 0.15) is 5.52 Å². The first-order chi connectivity index (χ1) is 15.7. The van der Waals surface area contributed by atoms with Gasteiger partial charge in [0, 0.05) is 35.7 Å². The lowest BCUT2D eigenvalue weighted by molar-refractivity contribution is 0.824. The molecule has 0 aliphatic carbocycles. The largest absolute Gasteiger partial charge is 0.388 e. The molecule has 154 valence electrons. The number of terminal acetylenes is 1. The highest BCUT2D eigenvalue weighted by Crippen LogP contribution is 2.29. The second kappa shape index (κ2) is 7.93. The molecule has 3 aromatic carbocycles. The molecule has 1 N–H and O–H groups in total. The van der Waals surface area contributed by atoms with Gasteiger partial charge in [0.15, 0.2) is 0 Å². The van der Waals surface area contributed by atoms with Gasteiger partial charge in [-0.25, -0.2) is 4.68 Å². The third kappa shape index (κ3) is 3.24. The first kappa shape index (κ1) is 19.4. The molecule has 5 aromatic rings. The minimum Gasteiger partial charge on any atom is -0.388 e. The van der Waals surface area contributed by atoms with Crippen LogP contribution in [0.4, 0.5) is 5.69 Å². The summed E-state index contributed by atoms with van der Waals surface area (Å²) in [7, 11) is 1.90. The third-order valence-electron chi connectivity index (χ3n) is 5.55. The summed E-state index contributed by atoms with van der Waals surface area (Å²) in [6, 6.07) is 24.4. The van der Waals surface area contributed by atoms with Crippen molar-refractivity contribution in [2.45, 2.75) is 0 Å². The maximum atomic E-state index is 5.60. The fourth-order valence-corrected chi connectivity index (χ4v) is 3.93. The van der Waals surface area contributed by atoms with Crippen LogP contribution in [-0.2, 0) is 0 Å². The first-order valence-corrected chi connectivity index (χ1v) is 10.3. The van der Waals surface area contributed by atoms with Gasteiger partial charge in [-0.1, -0.05) is 42.0 Å². The fourth-order valence-electron chi connectivity index (χ4n) is 3.93. The molecule has 0 radical (unpaired) electrons. The molecule has 0 aliphatic rings. The lowest BCUT2D eigenvalue weighted by Crippen LogP contribution is -2.00. The van der Waals surface area contributed by atoms with Crippen LogP contribution in [0.15, 0.2) is 85.6 Å². The van der Waals surface area contributed by atoms with Gasteiger partial charge in [-0.3, -0.25) is 0 Å². The number of benzene rings is 3. The second-order valence-electron chi connectivity index (χ2n) is 7.39. The second-order valence-corrected chi connectivity index (χ2v) is 7.39. The molecule has 2 aromatic heterocycles. The molecule has 0 amide bonds. The van der Waals surface area contributed by atoms with E-state index in [0.717, 1.165) is 50.5 Å². The molecule has 5 heteroatoms. The Morgan fingerprint density at radius 1 is 1.00 bits per heavy atom. The Hall–Kier alpha value is -4.56. The lowest BCUT2D eigenvalue weighted by atomic mass is 10.1. The van der Waals surface area contributed by atoms with Gasteiger partial charge in [-0.05, 0) is 60.2 Å². The van der Waals surface area contributed by atoms with Crippen molar-refractivity contribution in [3.63, 3.8) is 0 Å². The van der Waals surface area contributed by atoms with Gasteiger partial charge in [0.25, 0.3) is 0 Å². The Labute approximate surface area is 186 Å². The van der Waals surface area contributed by atoms with Gasteiger partial charge >= 0.3 is 0 Å². The monoisotopic (exact) mass is 415 g/mol. The number of aromatic nitrogens is 4. The summed E-state index contributed by atoms with van der Waals surface area (Å²) in [6.07, 6.45) is 9.47. The van der Waals surface area contributed by atoms with Crippen molar-refractivity contribution >= 4 is 22.8 Å². The Morgan fingerprint density at radius 2 is 1.91 bits per heavy atom. The molecule has 5 nitrogen and oxygen atoms in total. The van der Waals surface area contributed by atoms with E-state index in [0.29, 0.717) is 0 Å². The predicted octanol–water partition coefficient (Wildman–Crippen LogP) is 5.54. The molecular formula is C27H21N5. The van der Waals surface area contributed by atoms with E-state index in [2.05, 4.69) is 57.0 Å². The number of fused-ring (bicyclic) bond motifs is 1. The Morgan fingerprint density at radius 3 is 2.72 bits per heavy atom. The minimum atomic E-state index is 0.833. The summed E-state index contributed by atoms with van der Waals surface area (Å²) in [5.41, 5.74) is 8.71. The normalized spacial score (nSPS) is 10.8. The summed E-state index contributed by atoms with van der Waals surface area (Å²) in [4.78, 5) is 0. The molecule has 0 saturated heterocycles. The summed E-state index contributed by atoms with van der Waals surface area (Å²) < 4.78 is 3.99. The van der Waals surface area contributed by atoms with Crippen LogP contribution in [0, 0.1) is 12.3 Å². The van der Waals surface area contributed by atoms with E-state index in [4.69, 9.17) is 6.42 Å². The van der Waals surface area contributed by atoms with Gasteiger partial charge in [0.05, 0.1) is 16.9 Å². The topological polar surface area (TPSA) is 47.7 Å². The summed E-state index contributed by atoms with van der Waals surface area (Å²) >= 11 is 0. The smallest absolute Gasteiger partial charge is 0.113 e.